The number of benzene rings is 2. The number of fused-ring (bicyclic) bond motifs is 1. The Balaban J connectivity index is 1.36. The third-order valence-corrected chi connectivity index (χ3v) is 5.32. The Morgan fingerprint density at radius 2 is 1.91 bits per heavy atom. The van der Waals surface area contributed by atoms with E-state index in [1.807, 2.05) is 36.4 Å². The largest absolute Gasteiger partial charge is 0.502 e. The smallest absolute Gasteiger partial charge is 0.278 e. The van der Waals surface area contributed by atoms with Gasteiger partial charge in [0.15, 0.2) is 11.4 Å². The number of nitrogens with one attached hydrogen (secondary N) is 1. The highest BCUT2D eigenvalue weighted by Gasteiger charge is 2.27. The van der Waals surface area contributed by atoms with Crippen LogP contribution in [0, 0.1) is 0 Å². The summed E-state index contributed by atoms with van der Waals surface area (Å²) in [6, 6.07) is 16.8. The summed E-state index contributed by atoms with van der Waals surface area (Å²) in [4.78, 5) is 25.7. The van der Waals surface area contributed by atoms with Gasteiger partial charge in [-0.1, -0.05) is 48.0 Å². The minimum absolute atomic E-state index is 0.0693. The van der Waals surface area contributed by atoms with Gasteiger partial charge >= 0.3 is 0 Å². The number of nitrogens with zero attached hydrogens (tertiary/aromatic N) is 2. The molecule has 0 radical (unpaired) electrons. The topological polar surface area (TPSA) is 83.8 Å². The van der Waals surface area contributed by atoms with E-state index in [9.17, 15) is 14.7 Å². The molecule has 0 bridgehead atoms. The predicted octanol–water partition coefficient (Wildman–Crippen LogP) is 3.39. The minimum Gasteiger partial charge on any atom is -0.502 e. The summed E-state index contributed by atoms with van der Waals surface area (Å²) in [7, 11) is 0. The van der Waals surface area contributed by atoms with Gasteiger partial charge in [-0.05, 0) is 35.4 Å². The average molecular weight is 452 g/mol. The third-order valence-electron chi connectivity index (χ3n) is 5.08. The van der Waals surface area contributed by atoms with E-state index in [1.165, 1.54) is 21.8 Å². The molecule has 8 heteroatoms. The van der Waals surface area contributed by atoms with Crippen LogP contribution in [0.1, 0.15) is 21.6 Å². The second kappa shape index (κ2) is 9.62. The van der Waals surface area contributed by atoms with Crippen LogP contribution in [-0.2, 0) is 6.42 Å². The lowest BCUT2D eigenvalue weighted by Gasteiger charge is -2.30. The zero-order chi connectivity index (χ0) is 22.5. The Kier molecular flexibility index (Phi) is 6.47. The molecule has 1 amide bonds. The standard InChI is InChI=1S/C24H22ClN3O4/c25-19-8-9-21(18(15-19)14-17-6-2-1-3-7-17)32-13-5-4-11-27-16-26-28-12-10-20(29)23(30)22(28)24(27)31/h1-10,12,15,26,30H,11,13-14,16H2/b5-4-. The summed E-state index contributed by atoms with van der Waals surface area (Å²) in [6.45, 7) is 0.868. The molecule has 7 nitrogen and oxygen atoms in total. The maximum atomic E-state index is 12.6. The molecule has 4 rings (SSSR count). The van der Waals surface area contributed by atoms with Gasteiger partial charge in [-0.15, -0.1) is 0 Å². The molecule has 0 unspecified atom stereocenters. The number of carbonyl (C=O) groups is 1. The molecular formula is C24H22ClN3O4. The van der Waals surface area contributed by atoms with Crippen molar-refractivity contribution in [1.29, 1.82) is 0 Å². The second-order valence-electron chi connectivity index (χ2n) is 7.29. The number of amides is 1. The van der Waals surface area contributed by atoms with E-state index in [0.29, 0.717) is 24.6 Å². The highest BCUT2D eigenvalue weighted by atomic mass is 35.5. The van der Waals surface area contributed by atoms with E-state index in [0.717, 1.165) is 16.9 Å². The molecule has 1 aliphatic rings. The van der Waals surface area contributed by atoms with Crippen molar-refractivity contribution in [3.8, 4) is 11.5 Å². The number of hydrogen-bond acceptors (Lipinski definition) is 5. The van der Waals surface area contributed by atoms with Gasteiger partial charge in [0.2, 0.25) is 5.43 Å². The first-order valence-corrected chi connectivity index (χ1v) is 10.5. The molecule has 0 atom stereocenters. The zero-order valence-corrected chi connectivity index (χ0v) is 18.0. The highest BCUT2D eigenvalue weighted by molar-refractivity contribution is 6.30. The monoisotopic (exact) mass is 451 g/mol. The fourth-order valence-corrected chi connectivity index (χ4v) is 3.64. The minimum atomic E-state index is -0.591. The number of rotatable bonds is 7. The second-order valence-corrected chi connectivity index (χ2v) is 7.72. The van der Waals surface area contributed by atoms with E-state index in [4.69, 9.17) is 16.3 Å². The van der Waals surface area contributed by atoms with Crippen molar-refractivity contribution in [2.75, 3.05) is 25.2 Å². The average Bonchev–Trinajstić information content (AvgIpc) is 2.79. The summed E-state index contributed by atoms with van der Waals surface area (Å²) in [5.41, 5.74) is 4.45. The molecule has 3 aromatic rings. The van der Waals surface area contributed by atoms with E-state index >= 15 is 0 Å². The fourth-order valence-electron chi connectivity index (χ4n) is 3.44. The van der Waals surface area contributed by atoms with Gasteiger partial charge < -0.3 is 20.2 Å². The third kappa shape index (κ3) is 4.78. The Labute approximate surface area is 190 Å². The molecule has 2 aromatic carbocycles. The van der Waals surface area contributed by atoms with Crippen molar-refractivity contribution in [2.45, 2.75) is 6.42 Å². The van der Waals surface area contributed by atoms with Crippen LogP contribution in [0.5, 0.6) is 11.5 Å². The highest BCUT2D eigenvalue weighted by Crippen LogP contribution is 2.25. The summed E-state index contributed by atoms with van der Waals surface area (Å²) in [5, 5.41) is 10.6. The van der Waals surface area contributed by atoms with Crippen molar-refractivity contribution in [2.24, 2.45) is 0 Å². The van der Waals surface area contributed by atoms with Crippen molar-refractivity contribution in [1.82, 2.24) is 9.58 Å². The summed E-state index contributed by atoms with van der Waals surface area (Å²) in [5.74, 6) is -0.236. The molecular weight excluding hydrogens is 430 g/mol. The quantitative estimate of drug-likeness (QED) is 0.538. The van der Waals surface area contributed by atoms with Crippen LogP contribution >= 0.6 is 11.6 Å². The van der Waals surface area contributed by atoms with E-state index in [-0.39, 0.29) is 12.4 Å². The predicted molar refractivity (Wildman–Crippen MR) is 123 cm³/mol. The number of halogens is 1. The lowest BCUT2D eigenvalue weighted by Crippen LogP contribution is -2.46. The van der Waals surface area contributed by atoms with Crippen LogP contribution in [0.3, 0.4) is 0 Å². The Morgan fingerprint density at radius 3 is 2.72 bits per heavy atom. The van der Waals surface area contributed by atoms with Gasteiger partial charge in [0.1, 0.15) is 19.0 Å². The molecule has 1 aliphatic heterocycles. The van der Waals surface area contributed by atoms with Gasteiger partial charge in [-0.3, -0.25) is 14.3 Å². The zero-order valence-electron chi connectivity index (χ0n) is 17.2. The normalized spacial score (nSPS) is 13.2. The number of aromatic hydroxyl groups is 1. The van der Waals surface area contributed by atoms with Gasteiger partial charge in [0.05, 0.1) is 0 Å². The molecule has 2 N–H and O–H groups in total. The molecule has 0 fully saturated rings. The molecule has 0 saturated heterocycles. The van der Waals surface area contributed by atoms with Gasteiger partial charge in [-0.2, -0.15) is 0 Å². The van der Waals surface area contributed by atoms with E-state index < -0.39 is 17.1 Å². The first-order chi connectivity index (χ1) is 15.5. The fraction of sp³-hybridized carbons (Fsp3) is 0.167. The summed E-state index contributed by atoms with van der Waals surface area (Å²) < 4.78 is 7.28. The van der Waals surface area contributed by atoms with Crippen molar-refractivity contribution in [3.05, 3.63) is 105 Å². The SMILES string of the molecule is O=C1c2c(O)c(=O)ccn2NCN1C/C=C\COc1ccc(Cl)cc1Cc1ccccc1. The van der Waals surface area contributed by atoms with E-state index in [2.05, 4.69) is 17.6 Å². The van der Waals surface area contributed by atoms with Crippen LogP contribution in [-0.4, -0.2) is 40.4 Å². The number of carbonyl (C=O) groups excluding carboxylic acids is 1. The number of aromatic nitrogens is 1. The van der Waals surface area contributed by atoms with Gasteiger partial charge in [0, 0.05) is 30.3 Å². The summed E-state index contributed by atoms with van der Waals surface area (Å²) >= 11 is 6.17. The van der Waals surface area contributed by atoms with Gasteiger partial charge in [-0.25, -0.2) is 0 Å². The van der Waals surface area contributed by atoms with Crippen LogP contribution in [0.2, 0.25) is 5.02 Å². The first-order valence-electron chi connectivity index (χ1n) is 10.1. The Hall–Kier alpha value is -3.71. The lowest BCUT2D eigenvalue weighted by atomic mass is 10.0. The first kappa shape index (κ1) is 21.5. The maximum Gasteiger partial charge on any atom is 0.278 e. The number of hydrogen-bond donors (Lipinski definition) is 2. The van der Waals surface area contributed by atoms with Crippen LogP contribution in [0.25, 0.3) is 0 Å². The maximum absolute atomic E-state index is 12.6. The summed E-state index contributed by atoms with van der Waals surface area (Å²) in [6.07, 6.45) is 5.76. The number of ether oxygens (including phenoxy) is 1. The molecule has 0 aliphatic carbocycles. The number of pyridine rings is 1. The van der Waals surface area contributed by atoms with Gasteiger partial charge in [0.25, 0.3) is 5.91 Å². The molecule has 1 aromatic heterocycles. The van der Waals surface area contributed by atoms with Crippen LogP contribution in [0.4, 0.5) is 0 Å². The molecule has 2 heterocycles. The van der Waals surface area contributed by atoms with Crippen molar-refractivity contribution >= 4 is 17.5 Å². The Bertz CT molecular complexity index is 1210. The molecule has 32 heavy (non-hydrogen) atoms. The molecule has 0 saturated carbocycles. The lowest BCUT2D eigenvalue weighted by molar-refractivity contribution is 0.0741. The molecule has 164 valence electrons. The van der Waals surface area contributed by atoms with Crippen LogP contribution in [0.15, 0.2) is 77.7 Å². The van der Waals surface area contributed by atoms with E-state index in [1.54, 1.807) is 12.1 Å². The van der Waals surface area contributed by atoms with Crippen LogP contribution < -0.4 is 15.6 Å². The Morgan fingerprint density at radius 1 is 1.09 bits per heavy atom. The van der Waals surface area contributed by atoms with Crippen molar-refractivity contribution in [3.63, 3.8) is 0 Å². The molecule has 0 spiro atoms. The van der Waals surface area contributed by atoms with Crippen molar-refractivity contribution < 1.29 is 14.6 Å².